The summed E-state index contributed by atoms with van der Waals surface area (Å²) in [6.45, 7) is 1.11. The summed E-state index contributed by atoms with van der Waals surface area (Å²) in [5.74, 6) is -1.29. The molecule has 31 heavy (non-hydrogen) atoms. The van der Waals surface area contributed by atoms with Gasteiger partial charge in [0.15, 0.2) is 12.3 Å². The number of fused-ring (bicyclic) bond motifs is 1. The summed E-state index contributed by atoms with van der Waals surface area (Å²) in [7, 11) is 0. The summed E-state index contributed by atoms with van der Waals surface area (Å²) in [6, 6.07) is 17.4. The first-order valence-electron chi connectivity index (χ1n) is 9.90. The highest BCUT2D eigenvalue weighted by molar-refractivity contribution is 6.02. The summed E-state index contributed by atoms with van der Waals surface area (Å²) in [5.41, 5.74) is -0.920. The Labute approximate surface area is 178 Å². The number of nitrogens with zero attached hydrogens (tertiary/aromatic N) is 3. The molecule has 1 fully saturated rings. The first-order chi connectivity index (χ1) is 14.9. The van der Waals surface area contributed by atoms with E-state index in [1.165, 1.54) is 0 Å². The number of carbonyl (C=O) groups excluding carboxylic acids is 2. The molecule has 1 heterocycles. The van der Waals surface area contributed by atoms with Gasteiger partial charge in [-0.05, 0) is 43.9 Å². The number of esters is 1. The summed E-state index contributed by atoms with van der Waals surface area (Å²) >= 11 is 0. The first-order valence-corrected chi connectivity index (χ1v) is 9.90. The van der Waals surface area contributed by atoms with E-state index in [4.69, 9.17) is 4.74 Å². The van der Waals surface area contributed by atoms with E-state index in [9.17, 15) is 19.6 Å². The van der Waals surface area contributed by atoms with Crippen LogP contribution in [0.3, 0.4) is 0 Å². The van der Waals surface area contributed by atoms with E-state index in [0.29, 0.717) is 16.5 Å². The summed E-state index contributed by atoms with van der Waals surface area (Å²) < 4.78 is 6.32. The van der Waals surface area contributed by atoms with Gasteiger partial charge < -0.3 is 10.1 Å². The standard InChI is InChI=1S/C23H20N4O4/c1-23(14-24,15-11-12-15)25-19(28)13-31-22(30)20-17-9-5-6-10-18(17)21(29)27(26-20)16-7-3-2-4-8-16/h2-10,15H,11-13H2,1H3,(H,25,28)/t23-/m0/s1. The monoisotopic (exact) mass is 416 g/mol. The minimum atomic E-state index is -0.977. The second kappa shape index (κ2) is 8.03. The molecule has 156 valence electrons. The summed E-state index contributed by atoms with van der Waals surface area (Å²) in [6.07, 6.45) is 1.75. The molecule has 4 rings (SSSR count). The lowest BCUT2D eigenvalue weighted by atomic mass is 9.98. The molecule has 1 amide bonds. The number of ether oxygens (including phenoxy) is 1. The van der Waals surface area contributed by atoms with Gasteiger partial charge >= 0.3 is 5.97 Å². The van der Waals surface area contributed by atoms with Crippen LogP contribution in [0.1, 0.15) is 30.3 Å². The normalized spacial score (nSPS) is 15.0. The third-order valence-corrected chi connectivity index (χ3v) is 5.36. The third kappa shape index (κ3) is 4.03. The molecule has 8 heteroatoms. The van der Waals surface area contributed by atoms with E-state index >= 15 is 0 Å². The van der Waals surface area contributed by atoms with Gasteiger partial charge in [0.05, 0.1) is 17.1 Å². The van der Waals surface area contributed by atoms with E-state index in [1.54, 1.807) is 61.5 Å². The van der Waals surface area contributed by atoms with Crippen LogP contribution in [0.4, 0.5) is 0 Å². The quantitative estimate of drug-likeness (QED) is 0.617. The van der Waals surface area contributed by atoms with Gasteiger partial charge in [0, 0.05) is 5.39 Å². The van der Waals surface area contributed by atoms with Crippen molar-refractivity contribution in [1.82, 2.24) is 15.1 Å². The highest BCUT2D eigenvalue weighted by Crippen LogP contribution is 2.39. The van der Waals surface area contributed by atoms with Crippen molar-refractivity contribution < 1.29 is 14.3 Å². The van der Waals surface area contributed by atoms with Crippen LogP contribution in [0, 0.1) is 17.2 Å². The Balaban J connectivity index is 1.61. The molecule has 1 aromatic heterocycles. The first kappa shape index (κ1) is 20.3. The van der Waals surface area contributed by atoms with Crippen LogP contribution >= 0.6 is 0 Å². The largest absolute Gasteiger partial charge is 0.451 e. The average Bonchev–Trinajstić information content (AvgIpc) is 3.64. The Kier molecular flexibility index (Phi) is 5.26. The molecule has 0 bridgehead atoms. The maximum absolute atomic E-state index is 12.9. The molecule has 0 aliphatic heterocycles. The third-order valence-electron chi connectivity index (χ3n) is 5.36. The molecule has 1 atom stereocenters. The SMILES string of the molecule is C[C@@](C#N)(NC(=O)COC(=O)c1nn(-c2ccccc2)c(=O)c2ccccc12)C1CC1. The van der Waals surface area contributed by atoms with Gasteiger partial charge in [0.2, 0.25) is 0 Å². The van der Waals surface area contributed by atoms with Crippen LogP contribution < -0.4 is 10.9 Å². The fourth-order valence-electron chi connectivity index (χ4n) is 3.49. The number of para-hydroxylation sites is 1. The smallest absolute Gasteiger partial charge is 0.359 e. The van der Waals surface area contributed by atoms with Crippen molar-refractivity contribution in [1.29, 1.82) is 5.26 Å². The zero-order valence-electron chi connectivity index (χ0n) is 16.9. The maximum Gasteiger partial charge on any atom is 0.359 e. The number of rotatable bonds is 6. The molecular weight excluding hydrogens is 396 g/mol. The molecule has 1 aliphatic rings. The lowest BCUT2D eigenvalue weighted by molar-refractivity contribution is -0.125. The van der Waals surface area contributed by atoms with Gasteiger partial charge in [-0.1, -0.05) is 36.4 Å². The Hall–Kier alpha value is -3.99. The lowest BCUT2D eigenvalue weighted by Gasteiger charge is -2.22. The predicted molar refractivity (Wildman–Crippen MR) is 113 cm³/mol. The van der Waals surface area contributed by atoms with Crippen molar-refractivity contribution in [2.24, 2.45) is 5.92 Å². The average molecular weight is 416 g/mol. The fraction of sp³-hybridized carbons (Fsp3) is 0.261. The number of hydrogen-bond donors (Lipinski definition) is 1. The highest BCUT2D eigenvalue weighted by atomic mass is 16.5. The highest BCUT2D eigenvalue weighted by Gasteiger charge is 2.43. The molecule has 0 radical (unpaired) electrons. The molecule has 0 unspecified atom stereocenters. The van der Waals surface area contributed by atoms with E-state index in [1.807, 2.05) is 0 Å². The molecule has 8 nitrogen and oxygen atoms in total. The van der Waals surface area contributed by atoms with Crippen molar-refractivity contribution in [2.75, 3.05) is 6.61 Å². The van der Waals surface area contributed by atoms with Crippen LogP contribution in [-0.4, -0.2) is 33.8 Å². The van der Waals surface area contributed by atoms with Gasteiger partial charge in [-0.2, -0.15) is 15.0 Å². The van der Waals surface area contributed by atoms with Crippen molar-refractivity contribution in [3.05, 3.63) is 70.6 Å². The molecule has 3 aromatic rings. The zero-order chi connectivity index (χ0) is 22.0. The molecule has 1 N–H and O–H groups in total. The van der Waals surface area contributed by atoms with Crippen molar-refractivity contribution in [2.45, 2.75) is 25.3 Å². The van der Waals surface area contributed by atoms with Crippen molar-refractivity contribution in [3.63, 3.8) is 0 Å². The zero-order valence-corrected chi connectivity index (χ0v) is 16.9. The Morgan fingerprint density at radius 1 is 1.16 bits per heavy atom. The molecule has 1 saturated carbocycles. The Morgan fingerprint density at radius 3 is 2.45 bits per heavy atom. The number of nitriles is 1. The number of carbonyl (C=O) groups is 2. The summed E-state index contributed by atoms with van der Waals surface area (Å²) in [5, 5.41) is 16.9. The van der Waals surface area contributed by atoms with Crippen LogP contribution in [0.25, 0.3) is 16.5 Å². The van der Waals surface area contributed by atoms with Gasteiger partial charge in [-0.15, -0.1) is 0 Å². The van der Waals surface area contributed by atoms with Gasteiger partial charge in [-0.3, -0.25) is 9.59 Å². The molecule has 0 spiro atoms. The number of hydrogen-bond acceptors (Lipinski definition) is 6. The van der Waals surface area contributed by atoms with Gasteiger partial charge in [-0.25, -0.2) is 4.79 Å². The predicted octanol–water partition coefficient (Wildman–Crippen LogP) is 2.35. The molecule has 1 aliphatic carbocycles. The van der Waals surface area contributed by atoms with Crippen LogP contribution in [0.15, 0.2) is 59.4 Å². The second-order valence-electron chi connectivity index (χ2n) is 7.66. The maximum atomic E-state index is 12.9. The van der Waals surface area contributed by atoms with E-state index in [0.717, 1.165) is 17.5 Å². The number of benzene rings is 2. The minimum Gasteiger partial charge on any atom is -0.451 e. The van der Waals surface area contributed by atoms with Crippen LogP contribution in [-0.2, 0) is 9.53 Å². The van der Waals surface area contributed by atoms with Gasteiger partial charge in [0.1, 0.15) is 5.54 Å². The second-order valence-corrected chi connectivity index (χ2v) is 7.66. The Bertz CT molecular complexity index is 1260. The fourth-order valence-corrected chi connectivity index (χ4v) is 3.49. The summed E-state index contributed by atoms with van der Waals surface area (Å²) in [4.78, 5) is 38.0. The van der Waals surface area contributed by atoms with Crippen molar-refractivity contribution in [3.8, 4) is 11.8 Å². The van der Waals surface area contributed by atoms with E-state index < -0.39 is 24.0 Å². The lowest BCUT2D eigenvalue weighted by Crippen LogP contribution is -2.48. The topological polar surface area (TPSA) is 114 Å². The number of amides is 1. The van der Waals surface area contributed by atoms with Crippen LogP contribution in [0.2, 0.25) is 0 Å². The van der Waals surface area contributed by atoms with E-state index in [2.05, 4.69) is 16.5 Å². The van der Waals surface area contributed by atoms with Crippen LogP contribution in [0.5, 0.6) is 0 Å². The molecule has 2 aromatic carbocycles. The number of nitrogens with one attached hydrogen (secondary N) is 1. The number of aromatic nitrogens is 2. The van der Waals surface area contributed by atoms with Crippen molar-refractivity contribution >= 4 is 22.6 Å². The molecule has 0 saturated heterocycles. The minimum absolute atomic E-state index is 0.0721. The van der Waals surface area contributed by atoms with Gasteiger partial charge in [0.25, 0.3) is 11.5 Å². The van der Waals surface area contributed by atoms with E-state index in [-0.39, 0.29) is 17.2 Å². The molecular formula is C23H20N4O4. The Morgan fingerprint density at radius 2 is 1.81 bits per heavy atom.